The Morgan fingerprint density at radius 2 is 1.59 bits per heavy atom. The van der Waals surface area contributed by atoms with E-state index in [0.29, 0.717) is 22.7 Å². The van der Waals surface area contributed by atoms with Gasteiger partial charge in [0.15, 0.2) is 11.5 Å². The van der Waals surface area contributed by atoms with Gasteiger partial charge in [-0.2, -0.15) is 10.4 Å². The first-order valence-corrected chi connectivity index (χ1v) is 11.1. The molecule has 0 spiro atoms. The Bertz CT molecular complexity index is 1430. The fourth-order valence-corrected chi connectivity index (χ4v) is 4.50. The van der Waals surface area contributed by atoms with E-state index < -0.39 is 0 Å². The lowest BCUT2D eigenvalue weighted by atomic mass is 9.95. The van der Waals surface area contributed by atoms with E-state index in [0.717, 1.165) is 52.3 Å². The molecule has 0 bridgehead atoms. The van der Waals surface area contributed by atoms with Crippen LogP contribution in [-0.2, 0) is 13.0 Å². The number of aryl methyl sites for hydroxylation is 2. The minimum absolute atomic E-state index is 0.503. The van der Waals surface area contributed by atoms with Gasteiger partial charge in [0.25, 0.3) is 0 Å². The molecule has 0 saturated carbocycles. The molecule has 0 amide bonds. The topological polar surface area (TPSA) is 71.9 Å². The van der Waals surface area contributed by atoms with Gasteiger partial charge >= 0.3 is 0 Å². The number of benzene rings is 3. The summed E-state index contributed by atoms with van der Waals surface area (Å²) in [5.41, 5.74) is 7.76. The maximum absolute atomic E-state index is 10.3. The molecule has 0 N–H and O–H groups in total. The van der Waals surface area contributed by atoms with E-state index >= 15 is 0 Å². The quantitative estimate of drug-likeness (QED) is 0.309. The van der Waals surface area contributed by atoms with Crippen LogP contribution in [0, 0.1) is 18.3 Å². The van der Waals surface area contributed by atoms with Crippen LogP contribution in [-0.4, -0.2) is 18.8 Å². The van der Waals surface area contributed by atoms with Gasteiger partial charge in [0.05, 0.1) is 31.3 Å². The second-order valence-electron chi connectivity index (χ2n) is 8.20. The third-order valence-electron chi connectivity index (χ3n) is 6.17. The highest BCUT2D eigenvalue weighted by molar-refractivity contribution is 5.89. The third-order valence-corrected chi connectivity index (χ3v) is 6.17. The van der Waals surface area contributed by atoms with Crippen molar-refractivity contribution < 1.29 is 9.47 Å². The lowest BCUT2D eigenvalue weighted by Crippen LogP contribution is -2.12. The zero-order valence-corrected chi connectivity index (χ0v) is 19.4. The summed E-state index contributed by atoms with van der Waals surface area (Å²) in [7, 11) is 3.25. The molecule has 5 rings (SSSR count). The zero-order chi connectivity index (χ0) is 23.7. The van der Waals surface area contributed by atoms with Gasteiger partial charge in [-0.15, -0.1) is 5.11 Å². The molecule has 34 heavy (non-hydrogen) atoms. The lowest BCUT2D eigenvalue weighted by Gasteiger charge is -2.23. The maximum atomic E-state index is 10.3. The minimum Gasteiger partial charge on any atom is -0.493 e. The van der Waals surface area contributed by atoms with Crippen molar-refractivity contribution in [3.63, 3.8) is 0 Å². The molecular weight excluding hydrogens is 424 g/mol. The van der Waals surface area contributed by atoms with Crippen LogP contribution in [0.5, 0.6) is 11.5 Å². The van der Waals surface area contributed by atoms with Crippen LogP contribution in [0.15, 0.2) is 77.0 Å². The van der Waals surface area contributed by atoms with E-state index in [4.69, 9.17) is 9.47 Å². The largest absolute Gasteiger partial charge is 0.493 e. The van der Waals surface area contributed by atoms with Crippen molar-refractivity contribution in [1.82, 2.24) is 4.57 Å². The van der Waals surface area contributed by atoms with E-state index in [-0.39, 0.29) is 0 Å². The summed E-state index contributed by atoms with van der Waals surface area (Å²) in [5, 5.41) is 19.4. The summed E-state index contributed by atoms with van der Waals surface area (Å²) < 4.78 is 13.3. The first-order valence-electron chi connectivity index (χ1n) is 11.1. The molecule has 0 aliphatic carbocycles. The average molecular weight is 449 g/mol. The molecule has 1 aromatic heterocycles. The van der Waals surface area contributed by atoms with Crippen molar-refractivity contribution >= 4 is 11.4 Å². The maximum Gasteiger partial charge on any atom is 0.161 e. The molecule has 0 unspecified atom stereocenters. The average Bonchev–Trinajstić information content (AvgIpc) is 3.21. The van der Waals surface area contributed by atoms with Gasteiger partial charge in [-0.1, -0.05) is 48.0 Å². The highest BCUT2D eigenvalue weighted by Crippen LogP contribution is 2.48. The van der Waals surface area contributed by atoms with Crippen LogP contribution in [0.2, 0.25) is 0 Å². The summed E-state index contributed by atoms with van der Waals surface area (Å²) in [4.78, 5) is 0. The Morgan fingerprint density at radius 1 is 0.882 bits per heavy atom. The molecular formula is C28H24N4O2. The Morgan fingerprint density at radius 3 is 2.26 bits per heavy atom. The number of nitriles is 1. The number of hydrogen-bond acceptors (Lipinski definition) is 5. The molecule has 6 nitrogen and oxygen atoms in total. The van der Waals surface area contributed by atoms with Crippen LogP contribution in [0.1, 0.15) is 16.7 Å². The number of rotatable bonds is 5. The van der Waals surface area contributed by atoms with Crippen molar-refractivity contribution in [3.05, 3.63) is 83.4 Å². The van der Waals surface area contributed by atoms with Gasteiger partial charge in [0.1, 0.15) is 17.3 Å². The number of nitrogens with zero attached hydrogens (tertiary/aromatic N) is 4. The van der Waals surface area contributed by atoms with Crippen molar-refractivity contribution in [3.8, 4) is 40.1 Å². The molecule has 3 aromatic carbocycles. The second kappa shape index (κ2) is 8.87. The van der Waals surface area contributed by atoms with Crippen molar-refractivity contribution in [2.24, 2.45) is 10.2 Å². The summed E-state index contributed by atoms with van der Waals surface area (Å²) >= 11 is 0. The fraction of sp³-hybridized carbons (Fsp3) is 0.179. The van der Waals surface area contributed by atoms with E-state index in [1.807, 2.05) is 73.7 Å². The third kappa shape index (κ3) is 3.61. The van der Waals surface area contributed by atoms with E-state index in [1.54, 1.807) is 14.2 Å². The molecule has 2 heterocycles. The zero-order valence-electron chi connectivity index (χ0n) is 19.4. The number of hydrogen-bond donors (Lipinski definition) is 0. The predicted octanol–water partition coefficient (Wildman–Crippen LogP) is 6.99. The summed E-state index contributed by atoms with van der Waals surface area (Å²) in [6, 6.07) is 24.3. The molecule has 1 aliphatic rings. The molecule has 0 saturated heterocycles. The van der Waals surface area contributed by atoms with Crippen LogP contribution < -0.4 is 9.47 Å². The first-order chi connectivity index (χ1) is 16.6. The second-order valence-corrected chi connectivity index (χ2v) is 8.20. The number of fused-ring (bicyclic) bond motifs is 3. The smallest absolute Gasteiger partial charge is 0.161 e. The standard InChI is InChI=1S/C28H24N4O2/c1-18-9-11-21(12-10-18)30-31-26-23(17-29)28-22-16-25(34-3)24(33-2)15-20(22)13-14-32(28)27(26)19-7-5-4-6-8-19/h4-12,15-16H,13-14H2,1-3H3. The SMILES string of the molecule is COc1cc2c(cc1OC)-c1c(C#N)c(N=Nc3ccc(C)cc3)c(-c3ccccc3)n1CC2. The Hall–Kier alpha value is -4.37. The predicted molar refractivity (Wildman–Crippen MR) is 132 cm³/mol. The molecule has 0 fully saturated rings. The number of azo groups is 1. The molecule has 6 heteroatoms. The van der Waals surface area contributed by atoms with Crippen LogP contribution in [0.25, 0.3) is 22.5 Å². The lowest BCUT2D eigenvalue weighted by molar-refractivity contribution is 0.354. The van der Waals surface area contributed by atoms with E-state index in [9.17, 15) is 5.26 Å². The first kappa shape index (κ1) is 21.5. The highest BCUT2D eigenvalue weighted by Gasteiger charge is 2.30. The van der Waals surface area contributed by atoms with Crippen molar-refractivity contribution in [2.45, 2.75) is 19.9 Å². The summed E-state index contributed by atoms with van der Waals surface area (Å²) in [6.45, 7) is 2.75. The monoisotopic (exact) mass is 448 g/mol. The van der Waals surface area contributed by atoms with Gasteiger partial charge in [-0.05, 0) is 43.2 Å². The van der Waals surface area contributed by atoms with Gasteiger partial charge in [-0.25, -0.2) is 0 Å². The van der Waals surface area contributed by atoms with E-state index in [1.165, 1.54) is 0 Å². The van der Waals surface area contributed by atoms with Crippen molar-refractivity contribution in [2.75, 3.05) is 14.2 Å². The minimum atomic E-state index is 0.503. The molecule has 0 atom stereocenters. The molecule has 1 aliphatic heterocycles. The van der Waals surface area contributed by atoms with Gasteiger partial charge in [0.2, 0.25) is 0 Å². The molecule has 168 valence electrons. The Labute approximate surface area is 198 Å². The van der Waals surface area contributed by atoms with Gasteiger partial charge < -0.3 is 14.0 Å². The Kier molecular flexibility index (Phi) is 5.60. The van der Waals surface area contributed by atoms with Gasteiger partial charge in [0, 0.05) is 17.7 Å². The molecule has 0 radical (unpaired) electrons. The fourth-order valence-electron chi connectivity index (χ4n) is 4.50. The highest BCUT2D eigenvalue weighted by atomic mass is 16.5. The summed E-state index contributed by atoms with van der Waals surface area (Å²) in [6.07, 6.45) is 0.802. The van der Waals surface area contributed by atoms with Crippen LogP contribution in [0.4, 0.5) is 11.4 Å². The van der Waals surface area contributed by atoms with E-state index in [2.05, 4.69) is 20.9 Å². The number of ether oxygens (including phenoxy) is 2. The van der Waals surface area contributed by atoms with Crippen LogP contribution in [0.3, 0.4) is 0 Å². The van der Waals surface area contributed by atoms with Crippen molar-refractivity contribution in [1.29, 1.82) is 5.26 Å². The molecule has 4 aromatic rings. The normalized spacial score (nSPS) is 12.2. The van der Waals surface area contributed by atoms with Gasteiger partial charge in [-0.3, -0.25) is 0 Å². The number of methoxy groups -OCH3 is 2. The number of aromatic nitrogens is 1. The Balaban J connectivity index is 1.77. The summed E-state index contributed by atoms with van der Waals surface area (Å²) in [5.74, 6) is 1.31. The van der Waals surface area contributed by atoms with Crippen LogP contribution >= 0.6 is 0 Å².